The molecule has 0 radical (unpaired) electrons. The third-order valence-electron chi connectivity index (χ3n) is 2.62. The Morgan fingerprint density at radius 2 is 1.78 bits per heavy atom. The van der Waals surface area contributed by atoms with Crippen molar-refractivity contribution in [3.05, 3.63) is 40.6 Å². The molecule has 0 fully saturated rings. The van der Waals surface area contributed by atoms with Gasteiger partial charge in [-0.3, -0.25) is 0 Å². The molecule has 0 saturated carbocycles. The summed E-state index contributed by atoms with van der Waals surface area (Å²) in [5.41, 5.74) is 13.4. The first-order valence-corrected chi connectivity index (χ1v) is 6.01. The lowest BCUT2D eigenvalue weighted by molar-refractivity contribution is 0.418. The standard InChI is InChI=1S/C13H12BrFN2O/c1-18-13-11(17)5-4-10(16)12(13)8-3-2-7(14)6-9(8)15/h2-6H,16-17H2,1H3. The highest BCUT2D eigenvalue weighted by molar-refractivity contribution is 9.10. The number of anilines is 2. The third kappa shape index (κ3) is 2.13. The van der Waals surface area contributed by atoms with Gasteiger partial charge in [0.25, 0.3) is 0 Å². The molecule has 2 rings (SSSR count). The second kappa shape index (κ2) is 4.86. The Balaban J connectivity index is 2.74. The monoisotopic (exact) mass is 310 g/mol. The molecule has 0 aliphatic rings. The van der Waals surface area contributed by atoms with E-state index in [0.29, 0.717) is 32.7 Å². The maximum absolute atomic E-state index is 14.0. The van der Waals surface area contributed by atoms with Gasteiger partial charge < -0.3 is 16.2 Å². The lowest BCUT2D eigenvalue weighted by atomic mass is 10.0. The van der Waals surface area contributed by atoms with Gasteiger partial charge in [-0.2, -0.15) is 0 Å². The van der Waals surface area contributed by atoms with Crippen molar-refractivity contribution >= 4 is 27.3 Å². The summed E-state index contributed by atoms with van der Waals surface area (Å²) in [6.45, 7) is 0. The first-order chi connectivity index (χ1) is 8.54. The minimum Gasteiger partial charge on any atom is -0.494 e. The predicted octanol–water partition coefficient (Wildman–Crippen LogP) is 3.43. The Labute approximate surface area is 113 Å². The highest BCUT2D eigenvalue weighted by Gasteiger charge is 2.16. The van der Waals surface area contributed by atoms with Crippen LogP contribution in [0.1, 0.15) is 0 Å². The van der Waals surface area contributed by atoms with Crippen molar-refractivity contribution in [1.82, 2.24) is 0 Å². The third-order valence-corrected chi connectivity index (χ3v) is 3.12. The van der Waals surface area contributed by atoms with E-state index in [1.807, 2.05) is 0 Å². The normalized spacial score (nSPS) is 10.4. The molecule has 0 aliphatic carbocycles. The Hall–Kier alpha value is -1.75. The van der Waals surface area contributed by atoms with Gasteiger partial charge in [-0.15, -0.1) is 0 Å². The molecule has 2 aromatic rings. The molecule has 0 atom stereocenters. The van der Waals surface area contributed by atoms with Gasteiger partial charge in [0, 0.05) is 15.7 Å². The van der Waals surface area contributed by atoms with Crippen LogP contribution in [0.15, 0.2) is 34.8 Å². The van der Waals surface area contributed by atoms with Crippen LogP contribution in [0.25, 0.3) is 11.1 Å². The molecule has 0 aliphatic heterocycles. The molecule has 5 heteroatoms. The zero-order chi connectivity index (χ0) is 13.3. The molecule has 0 aromatic heterocycles. The summed E-state index contributed by atoms with van der Waals surface area (Å²) in [5.74, 6) is -0.00352. The van der Waals surface area contributed by atoms with Crippen molar-refractivity contribution in [2.24, 2.45) is 0 Å². The van der Waals surface area contributed by atoms with Crippen LogP contribution in [0.5, 0.6) is 5.75 Å². The van der Waals surface area contributed by atoms with E-state index in [9.17, 15) is 4.39 Å². The maximum Gasteiger partial charge on any atom is 0.151 e. The summed E-state index contributed by atoms with van der Waals surface area (Å²) < 4.78 is 19.9. The molecule has 2 aromatic carbocycles. The van der Waals surface area contributed by atoms with Crippen LogP contribution >= 0.6 is 15.9 Å². The maximum atomic E-state index is 14.0. The van der Waals surface area contributed by atoms with Crippen LogP contribution in [0.4, 0.5) is 15.8 Å². The second-order valence-corrected chi connectivity index (χ2v) is 4.69. The molecule has 3 nitrogen and oxygen atoms in total. The molecule has 0 amide bonds. The number of methoxy groups -OCH3 is 1. The number of halogens is 2. The molecular weight excluding hydrogens is 299 g/mol. The van der Waals surface area contributed by atoms with Gasteiger partial charge in [-0.25, -0.2) is 4.39 Å². The van der Waals surface area contributed by atoms with Crippen molar-refractivity contribution in [1.29, 1.82) is 0 Å². The molecule has 4 N–H and O–H groups in total. The molecule has 0 saturated heterocycles. The molecule has 0 bridgehead atoms. The van der Waals surface area contributed by atoms with E-state index in [2.05, 4.69) is 15.9 Å². The summed E-state index contributed by atoms with van der Waals surface area (Å²) in [5, 5.41) is 0. The van der Waals surface area contributed by atoms with E-state index < -0.39 is 0 Å². The number of rotatable bonds is 2. The smallest absolute Gasteiger partial charge is 0.151 e. The largest absolute Gasteiger partial charge is 0.494 e. The second-order valence-electron chi connectivity index (χ2n) is 3.78. The van der Waals surface area contributed by atoms with Crippen molar-refractivity contribution in [2.45, 2.75) is 0 Å². The Morgan fingerprint density at radius 3 is 2.39 bits per heavy atom. The lowest BCUT2D eigenvalue weighted by Gasteiger charge is -2.14. The minimum atomic E-state index is -0.389. The number of ether oxygens (including phenoxy) is 1. The molecular formula is C13H12BrFN2O. The number of nitrogen functional groups attached to an aromatic ring is 2. The Kier molecular flexibility index (Phi) is 3.43. The topological polar surface area (TPSA) is 61.3 Å². The van der Waals surface area contributed by atoms with E-state index in [0.717, 1.165) is 0 Å². The first kappa shape index (κ1) is 12.7. The van der Waals surface area contributed by atoms with Gasteiger partial charge >= 0.3 is 0 Å². The van der Waals surface area contributed by atoms with Crippen molar-refractivity contribution in [2.75, 3.05) is 18.6 Å². The van der Waals surface area contributed by atoms with Gasteiger partial charge in [0.05, 0.1) is 18.4 Å². The number of nitrogens with two attached hydrogens (primary N) is 2. The highest BCUT2D eigenvalue weighted by atomic mass is 79.9. The van der Waals surface area contributed by atoms with Crippen LogP contribution in [-0.4, -0.2) is 7.11 Å². The number of benzene rings is 2. The van der Waals surface area contributed by atoms with Crippen molar-refractivity contribution < 1.29 is 9.13 Å². The van der Waals surface area contributed by atoms with Gasteiger partial charge in [-0.05, 0) is 24.3 Å². The minimum absolute atomic E-state index is 0.361. The fourth-order valence-corrected chi connectivity index (χ4v) is 2.14. The average molecular weight is 311 g/mol. The highest BCUT2D eigenvalue weighted by Crippen LogP contribution is 2.40. The van der Waals surface area contributed by atoms with E-state index >= 15 is 0 Å². The number of hydrogen-bond acceptors (Lipinski definition) is 3. The molecule has 0 spiro atoms. The first-order valence-electron chi connectivity index (χ1n) is 5.22. The van der Waals surface area contributed by atoms with Crippen molar-refractivity contribution in [3.8, 4) is 16.9 Å². The van der Waals surface area contributed by atoms with Gasteiger partial charge in [0.15, 0.2) is 5.75 Å². The summed E-state index contributed by atoms with van der Waals surface area (Å²) in [6, 6.07) is 8.01. The van der Waals surface area contributed by atoms with Crippen LogP contribution in [0, 0.1) is 5.82 Å². The predicted molar refractivity (Wildman–Crippen MR) is 74.9 cm³/mol. The van der Waals surface area contributed by atoms with E-state index in [1.54, 1.807) is 24.3 Å². The van der Waals surface area contributed by atoms with Gasteiger partial charge in [0.1, 0.15) is 5.82 Å². The average Bonchev–Trinajstić information content (AvgIpc) is 2.33. The van der Waals surface area contributed by atoms with E-state index in [-0.39, 0.29) is 5.82 Å². The summed E-state index contributed by atoms with van der Waals surface area (Å²) in [6.07, 6.45) is 0. The van der Waals surface area contributed by atoms with Crippen LogP contribution < -0.4 is 16.2 Å². The van der Waals surface area contributed by atoms with Gasteiger partial charge in [0.2, 0.25) is 0 Å². The van der Waals surface area contributed by atoms with Gasteiger partial charge in [-0.1, -0.05) is 22.0 Å². The van der Waals surface area contributed by atoms with Crippen LogP contribution in [0.3, 0.4) is 0 Å². The SMILES string of the molecule is COc1c(N)ccc(N)c1-c1ccc(Br)cc1F. The Bertz CT molecular complexity index is 602. The molecule has 0 heterocycles. The number of hydrogen-bond donors (Lipinski definition) is 2. The lowest BCUT2D eigenvalue weighted by Crippen LogP contribution is -2.00. The summed E-state index contributed by atoms with van der Waals surface area (Å²) in [7, 11) is 1.48. The quantitative estimate of drug-likeness (QED) is 0.835. The molecule has 94 valence electrons. The van der Waals surface area contributed by atoms with Crippen LogP contribution in [-0.2, 0) is 0 Å². The van der Waals surface area contributed by atoms with E-state index in [4.69, 9.17) is 16.2 Å². The van der Waals surface area contributed by atoms with Crippen LogP contribution in [0.2, 0.25) is 0 Å². The fourth-order valence-electron chi connectivity index (χ4n) is 1.80. The zero-order valence-electron chi connectivity index (χ0n) is 9.71. The summed E-state index contributed by atoms with van der Waals surface area (Å²) in [4.78, 5) is 0. The van der Waals surface area contributed by atoms with Crippen molar-refractivity contribution in [3.63, 3.8) is 0 Å². The molecule has 18 heavy (non-hydrogen) atoms. The van der Waals surface area contributed by atoms with E-state index in [1.165, 1.54) is 13.2 Å². The molecule has 0 unspecified atom stereocenters. The zero-order valence-corrected chi connectivity index (χ0v) is 11.3. The Morgan fingerprint density at radius 1 is 1.11 bits per heavy atom. The fraction of sp³-hybridized carbons (Fsp3) is 0.0769. The summed E-state index contributed by atoms with van der Waals surface area (Å²) >= 11 is 3.21.